The first-order valence-corrected chi connectivity index (χ1v) is 4.07. The molecule has 0 aliphatic carbocycles. The van der Waals surface area contributed by atoms with Crippen LogP contribution in [0.5, 0.6) is 0 Å². The van der Waals surface area contributed by atoms with Crippen LogP contribution in [0.2, 0.25) is 0 Å². The Hall–Kier alpha value is -0.520. The zero-order chi connectivity index (χ0) is 8.32. The van der Waals surface area contributed by atoms with Crippen molar-refractivity contribution in [1.29, 1.82) is 0 Å². The molecule has 11 heavy (non-hydrogen) atoms. The summed E-state index contributed by atoms with van der Waals surface area (Å²) in [6, 6.07) is 0. The molecule has 1 N–H and O–H groups in total. The summed E-state index contributed by atoms with van der Waals surface area (Å²) in [7, 11) is 2.01. The molecule has 0 aromatic rings. The number of β-amino-alcohol motifs (C(OH)–C–C–N with tert-alkyl or cyclic N) is 1. The van der Waals surface area contributed by atoms with Crippen LogP contribution in [0, 0.1) is 11.8 Å². The van der Waals surface area contributed by atoms with E-state index in [4.69, 9.17) is 0 Å². The van der Waals surface area contributed by atoms with Crippen molar-refractivity contribution in [2.45, 2.75) is 25.4 Å². The van der Waals surface area contributed by atoms with Gasteiger partial charge in [0.05, 0.1) is 0 Å². The van der Waals surface area contributed by atoms with Gasteiger partial charge < -0.3 is 10.0 Å². The molecule has 1 aliphatic rings. The van der Waals surface area contributed by atoms with E-state index in [1.165, 1.54) is 0 Å². The summed E-state index contributed by atoms with van der Waals surface area (Å²) in [5.74, 6) is 5.83. The highest BCUT2D eigenvalue weighted by molar-refractivity contribution is 5.16. The predicted molar refractivity (Wildman–Crippen MR) is 45.1 cm³/mol. The van der Waals surface area contributed by atoms with Crippen LogP contribution in [-0.2, 0) is 0 Å². The van der Waals surface area contributed by atoms with Crippen molar-refractivity contribution in [3.8, 4) is 11.8 Å². The minimum Gasteiger partial charge on any atom is -0.376 e. The Labute approximate surface area is 68.2 Å². The van der Waals surface area contributed by atoms with Crippen LogP contribution in [0.1, 0.15) is 19.8 Å². The average molecular weight is 153 g/mol. The Morgan fingerprint density at radius 3 is 2.82 bits per heavy atom. The van der Waals surface area contributed by atoms with Gasteiger partial charge in [0.25, 0.3) is 0 Å². The van der Waals surface area contributed by atoms with Crippen molar-refractivity contribution in [3.63, 3.8) is 0 Å². The van der Waals surface area contributed by atoms with Crippen molar-refractivity contribution in [3.05, 3.63) is 0 Å². The van der Waals surface area contributed by atoms with Gasteiger partial charge in [0.15, 0.2) is 0 Å². The highest BCUT2D eigenvalue weighted by Crippen LogP contribution is 2.18. The lowest BCUT2D eigenvalue weighted by atomic mass is 10.0. The van der Waals surface area contributed by atoms with Gasteiger partial charge in [0, 0.05) is 25.9 Å². The second kappa shape index (κ2) is 3.25. The smallest absolute Gasteiger partial charge is 0.139 e. The van der Waals surface area contributed by atoms with Gasteiger partial charge in [-0.2, -0.15) is 0 Å². The predicted octanol–water partition coefficient (Wildman–Crippen LogP) is 0.466. The molecule has 1 saturated heterocycles. The summed E-state index contributed by atoms with van der Waals surface area (Å²) in [5, 5.41) is 9.78. The first-order valence-electron chi connectivity index (χ1n) is 4.07. The minimum absolute atomic E-state index is 0.694. The van der Waals surface area contributed by atoms with Gasteiger partial charge >= 0.3 is 0 Å². The lowest BCUT2D eigenvalue weighted by molar-refractivity contribution is 0.112. The van der Waals surface area contributed by atoms with Gasteiger partial charge in [0.1, 0.15) is 5.60 Å². The van der Waals surface area contributed by atoms with Crippen LogP contribution in [0.25, 0.3) is 0 Å². The van der Waals surface area contributed by atoms with Crippen molar-refractivity contribution in [2.75, 3.05) is 20.1 Å². The molecule has 0 aromatic heterocycles. The van der Waals surface area contributed by atoms with E-state index in [0.717, 1.165) is 19.4 Å². The minimum atomic E-state index is -0.717. The molecule has 0 radical (unpaired) electrons. The van der Waals surface area contributed by atoms with Crippen LogP contribution in [-0.4, -0.2) is 35.7 Å². The second-order valence-corrected chi connectivity index (χ2v) is 3.17. The number of nitrogens with zero attached hydrogens (tertiary/aromatic N) is 1. The molecular formula is C9H15NO. The Bertz CT molecular complexity index is 191. The maximum atomic E-state index is 9.78. The van der Waals surface area contributed by atoms with E-state index in [1.807, 2.05) is 14.0 Å². The average Bonchev–Trinajstić information content (AvgIpc) is 2.28. The van der Waals surface area contributed by atoms with Crippen LogP contribution in [0.4, 0.5) is 0 Å². The number of hydrogen-bond acceptors (Lipinski definition) is 2. The van der Waals surface area contributed by atoms with E-state index < -0.39 is 5.60 Å². The van der Waals surface area contributed by atoms with Gasteiger partial charge in [-0.15, -0.1) is 5.92 Å². The molecule has 1 aliphatic heterocycles. The third kappa shape index (κ3) is 2.21. The third-order valence-corrected chi connectivity index (χ3v) is 1.94. The number of rotatable bonds is 0. The molecule has 0 aromatic carbocycles. The Morgan fingerprint density at radius 1 is 1.64 bits per heavy atom. The van der Waals surface area contributed by atoms with E-state index >= 15 is 0 Å². The summed E-state index contributed by atoms with van der Waals surface area (Å²) in [5.41, 5.74) is -0.717. The van der Waals surface area contributed by atoms with Crippen LogP contribution >= 0.6 is 0 Å². The van der Waals surface area contributed by atoms with Crippen molar-refractivity contribution < 1.29 is 5.11 Å². The molecule has 1 rings (SSSR count). The zero-order valence-electron chi connectivity index (χ0n) is 7.22. The molecule has 2 heteroatoms. The molecule has 0 spiro atoms. The Morgan fingerprint density at radius 2 is 2.36 bits per heavy atom. The van der Waals surface area contributed by atoms with Crippen molar-refractivity contribution in [1.82, 2.24) is 4.90 Å². The zero-order valence-corrected chi connectivity index (χ0v) is 7.22. The summed E-state index contributed by atoms with van der Waals surface area (Å²) < 4.78 is 0. The topological polar surface area (TPSA) is 23.5 Å². The molecule has 1 atom stereocenters. The fourth-order valence-corrected chi connectivity index (χ4v) is 1.34. The van der Waals surface area contributed by atoms with Crippen LogP contribution < -0.4 is 0 Å². The molecule has 1 heterocycles. The van der Waals surface area contributed by atoms with E-state index in [0.29, 0.717) is 6.54 Å². The fraction of sp³-hybridized carbons (Fsp3) is 0.778. The van der Waals surface area contributed by atoms with E-state index in [9.17, 15) is 5.11 Å². The summed E-state index contributed by atoms with van der Waals surface area (Å²) in [6.07, 6.45) is 1.61. The van der Waals surface area contributed by atoms with Crippen LogP contribution in [0.3, 0.4) is 0 Å². The van der Waals surface area contributed by atoms with Crippen LogP contribution in [0.15, 0.2) is 0 Å². The summed E-state index contributed by atoms with van der Waals surface area (Å²) in [4.78, 5) is 2.10. The molecule has 1 fully saturated rings. The van der Waals surface area contributed by atoms with Gasteiger partial charge in [0.2, 0.25) is 0 Å². The molecule has 2 nitrogen and oxygen atoms in total. The van der Waals surface area contributed by atoms with Gasteiger partial charge in [-0.3, -0.25) is 0 Å². The van der Waals surface area contributed by atoms with Crippen molar-refractivity contribution >= 4 is 0 Å². The standard InChI is InChI=1S/C9H15NO/c1-3-4-5-9(11)6-7-10(2)8-9/h11H,3,6-8H2,1-2H3. The molecule has 0 bridgehead atoms. The highest BCUT2D eigenvalue weighted by Gasteiger charge is 2.32. The highest BCUT2D eigenvalue weighted by atomic mass is 16.3. The number of likely N-dealkylation sites (tertiary alicyclic amines) is 1. The normalized spacial score (nSPS) is 31.5. The molecule has 0 saturated carbocycles. The van der Waals surface area contributed by atoms with Gasteiger partial charge in [-0.05, 0) is 7.05 Å². The number of hydrogen-bond donors (Lipinski definition) is 1. The quantitative estimate of drug-likeness (QED) is 0.511. The maximum Gasteiger partial charge on any atom is 0.139 e. The molecular weight excluding hydrogens is 138 g/mol. The Kier molecular flexibility index (Phi) is 2.53. The largest absolute Gasteiger partial charge is 0.376 e. The van der Waals surface area contributed by atoms with Crippen molar-refractivity contribution in [2.24, 2.45) is 0 Å². The first-order chi connectivity index (χ1) is 5.16. The maximum absolute atomic E-state index is 9.78. The van der Waals surface area contributed by atoms with E-state index in [-0.39, 0.29) is 0 Å². The fourth-order valence-electron chi connectivity index (χ4n) is 1.34. The number of aliphatic hydroxyl groups is 1. The molecule has 1 unspecified atom stereocenters. The molecule has 62 valence electrons. The number of likely N-dealkylation sites (N-methyl/N-ethyl adjacent to an activating group) is 1. The summed E-state index contributed by atoms with van der Waals surface area (Å²) >= 11 is 0. The lowest BCUT2D eigenvalue weighted by Crippen LogP contribution is -2.29. The monoisotopic (exact) mass is 153 g/mol. The van der Waals surface area contributed by atoms with E-state index in [2.05, 4.69) is 16.7 Å². The third-order valence-electron chi connectivity index (χ3n) is 1.94. The van der Waals surface area contributed by atoms with E-state index in [1.54, 1.807) is 0 Å². The first kappa shape index (κ1) is 8.58. The second-order valence-electron chi connectivity index (χ2n) is 3.17. The molecule has 0 amide bonds. The summed E-state index contributed by atoms with van der Waals surface area (Å²) in [6.45, 7) is 3.64. The van der Waals surface area contributed by atoms with Gasteiger partial charge in [-0.1, -0.05) is 12.8 Å². The van der Waals surface area contributed by atoms with Gasteiger partial charge in [-0.25, -0.2) is 0 Å². The lowest BCUT2D eigenvalue weighted by Gasteiger charge is -2.14. The SMILES string of the molecule is CCC#CC1(O)CCN(C)C1. The Balaban J connectivity index is 2.55.